The molecule has 0 aromatic rings. The van der Waals surface area contributed by atoms with Gasteiger partial charge in [0.2, 0.25) is 11.8 Å². The van der Waals surface area contributed by atoms with Crippen molar-refractivity contribution in [1.29, 1.82) is 0 Å². The number of nitrogens with one attached hydrogen (secondary N) is 1. The van der Waals surface area contributed by atoms with Crippen LogP contribution in [-0.2, 0) is 9.59 Å². The maximum Gasteiger partial charge on any atom is 0.247 e. The third kappa shape index (κ3) is 3.20. The predicted molar refractivity (Wildman–Crippen MR) is 61.5 cm³/mol. The monoisotopic (exact) mass is 223 g/mol. The van der Waals surface area contributed by atoms with Crippen LogP contribution in [0, 0.1) is 0 Å². The summed E-state index contributed by atoms with van der Waals surface area (Å²) in [7, 11) is 0. The van der Waals surface area contributed by atoms with Crippen LogP contribution in [0.4, 0.5) is 0 Å². The van der Waals surface area contributed by atoms with Crippen molar-refractivity contribution in [2.45, 2.75) is 13.0 Å². The molecule has 0 aromatic heterocycles. The van der Waals surface area contributed by atoms with Gasteiger partial charge in [0, 0.05) is 25.7 Å². The smallest absolute Gasteiger partial charge is 0.247 e. The zero-order chi connectivity index (χ0) is 12.0. The van der Waals surface area contributed by atoms with E-state index in [9.17, 15) is 9.59 Å². The lowest BCUT2D eigenvalue weighted by Gasteiger charge is -2.33. The molecule has 0 aromatic carbocycles. The summed E-state index contributed by atoms with van der Waals surface area (Å²) >= 11 is 0. The number of carbonyl (C=O) groups excluding carboxylic acids is 2. The minimum absolute atomic E-state index is 0.177. The van der Waals surface area contributed by atoms with Crippen LogP contribution in [-0.4, -0.2) is 42.4 Å². The average Bonchev–Trinajstić information content (AvgIpc) is 2.29. The molecule has 1 unspecified atom stereocenters. The highest BCUT2D eigenvalue weighted by Crippen LogP contribution is 2.04. The number of piperazine rings is 1. The number of rotatable bonds is 3. The minimum atomic E-state index is -0.545. The van der Waals surface area contributed by atoms with Gasteiger partial charge in [-0.3, -0.25) is 9.59 Å². The van der Waals surface area contributed by atoms with E-state index in [1.807, 2.05) is 13.0 Å². The minimum Gasteiger partial charge on any atom is -0.368 e. The first-order valence-electron chi connectivity index (χ1n) is 5.27. The molecule has 16 heavy (non-hydrogen) atoms. The van der Waals surface area contributed by atoms with Crippen molar-refractivity contribution < 1.29 is 9.59 Å². The Morgan fingerprint density at radius 1 is 1.44 bits per heavy atom. The van der Waals surface area contributed by atoms with Crippen LogP contribution in [0.2, 0.25) is 0 Å². The molecule has 5 heteroatoms. The van der Waals surface area contributed by atoms with Gasteiger partial charge in [-0.1, -0.05) is 18.2 Å². The van der Waals surface area contributed by atoms with Crippen LogP contribution in [0.15, 0.2) is 24.3 Å². The summed E-state index contributed by atoms with van der Waals surface area (Å²) in [6.07, 6.45) is 6.69. The quantitative estimate of drug-likeness (QED) is 0.496. The number of nitrogens with two attached hydrogens (primary N) is 1. The first kappa shape index (κ1) is 12.4. The van der Waals surface area contributed by atoms with Gasteiger partial charge in [-0.2, -0.15) is 0 Å². The Labute approximate surface area is 95.0 Å². The molecule has 3 N–H and O–H groups in total. The van der Waals surface area contributed by atoms with Crippen molar-refractivity contribution in [3.8, 4) is 0 Å². The molecule has 0 aliphatic carbocycles. The number of allylic oxidation sites excluding steroid dienone is 3. The fourth-order valence-electron chi connectivity index (χ4n) is 1.57. The Bertz CT molecular complexity index is 323. The lowest BCUT2D eigenvalue weighted by Crippen LogP contribution is -2.58. The Kier molecular flexibility index (Phi) is 4.72. The lowest BCUT2D eigenvalue weighted by molar-refractivity contribution is -0.136. The molecular formula is C11H17N3O2. The van der Waals surface area contributed by atoms with E-state index in [2.05, 4.69) is 5.32 Å². The fraction of sp³-hybridized carbons (Fsp3) is 0.455. The Balaban J connectivity index is 2.67. The molecule has 5 nitrogen and oxygen atoms in total. The average molecular weight is 223 g/mol. The van der Waals surface area contributed by atoms with Gasteiger partial charge in [0.1, 0.15) is 6.04 Å². The van der Waals surface area contributed by atoms with Crippen LogP contribution in [0.3, 0.4) is 0 Å². The molecule has 2 amide bonds. The topological polar surface area (TPSA) is 75.4 Å². The highest BCUT2D eigenvalue weighted by atomic mass is 16.2. The van der Waals surface area contributed by atoms with E-state index in [-0.39, 0.29) is 5.91 Å². The van der Waals surface area contributed by atoms with E-state index in [0.29, 0.717) is 19.6 Å². The van der Waals surface area contributed by atoms with E-state index in [4.69, 9.17) is 5.73 Å². The van der Waals surface area contributed by atoms with Crippen molar-refractivity contribution in [3.63, 3.8) is 0 Å². The van der Waals surface area contributed by atoms with Crippen molar-refractivity contribution in [3.05, 3.63) is 24.3 Å². The SMILES string of the molecule is CC=CC=CC(=O)N1CCNCC1C(N)=O. The Hall–Kier alpha value is -1.62. The maximum absolute atomic E-state index is 11.8. The molecule has 1 aliphatic heterocycles. The first-order chi connectivity index (χ1) is 7.66. The van der Waals surface area contributed by atoms with E-state index in [1.54, 1.807) is 12.2 Å². The number of amides is 2. The number of hydrogen-bond acceptors (Lipinski definition) is 3. The molecule has 0 spiro atoms. The standard InChI is InChI=1S/C11H17N3O2/c1-2-3-4-5-10(15)14-7-6-13-8-9(14)11(12)16/h2-5,9,13H,6-8H2,1H3,(H2,12,16). The fourth-order valence-corrected chi connectivity index (χ4v) is 1.57. The summed E-state index contributed by atoms with van der Waals surface area (Å²) in [5, 5.41) is 3.04. The lowest BCUT2D eigenvalue weighted by atomic mass is 10.1. The summed E-state index contributed by atoms with van der Waals surface area (Å²) in [5.74, 6) is -0.650. The Morgan fingerprint density at radius 3 is 2.81 bits per heavy atom. The highest BCUT2D eigenvalue weighted by molar-refractivity contribution is 5.93. The van der Waals surface area contributed by atoms with Gasteiger partial charge < -0.3 is 16.0 Å². The molecule has 0 bridgehead atoms. The van der Waals surface area contributed by atoms with Crippen LogP contribution < -0.4 is 11.1 Å². The van der Waals surface area contributed by atoms with E-state index < -0.39 is 11.9 Å². The largest absolute Gasteiger partial charge is 0.368 e. The molecule has 0 saturated carbocycles. The zero-order valence-electron chi connectivity index (χ0n) is 9.35. The molecular weight excluding hydrogens is 206 g/mol. The summed E-state index contributed by atoms with van der Waals surface area (Å²) in [4.78, 5) is 24.4. The van der Waals surface area contributed by atoms with Crippen molar-refractivity contribution in [2.75, 3.05) is 19.6 Å². The zero-order valence-corrected chi connectivity index (χ0v) is 9.35. The van der Waals surface area contributed by atoms with Gasteiger partial charge in [0.25, 0.3) is 0 Å². The van der Waals surface area contributed by atoms with Crippen LogP contribution >= 0.6 is 0 Å². The molecule has 1 aliphatic rings. The third-order valence-corrected chi connectivity index (χ3v) is 2.40. The summed E-state index contributed by atoms with van der Waals surface area (Å²) in [6, 6.07) is -0.545. The van der Waals surface area contributed by atoms with Crippen molar-refractivity contribution in [2.24, 2.45) is 5.73 Å². The van der Waals surface area contributed by atoms with E-state index >= 15 is 0 Å². The maximum atomic E-state index is 11.8. The second-order valence-corrected chi connectivity index (χ2v) is 3.54. The molecule has 1 saturated heterocycles. The second-order valence-electron chi connectivity index (χ2n) is 3.54. The Morgan fingerprint density at radius 2 is 2.19 bits per heavy atom. The molecule has 88 valence electrons. The van der Waals surface area contributed by atoms with Gasteiger partial charge in [-0.05, 0) is 6.92 Å². The summed E-state index contributed by atoms with van der Waals surface area (Å²) in [5.41, 5.74) is 5.24. The van der Waals surface area contributed by atoms with Gasteiger partial charge in [0.05, 0.1) is 0 Å². The van der Waals surface area contributed by atoms with Crippen LogP contribution in [0.5, 0.6) is 0 Å². The van der Waals surface area contributed by atoms with Crippen LogP contribution in [0.1, 0.15) is 6.92 Å². The van der Waals surface area contributed by atoms with Crippen molar-refractivity contribution in [1.82, 2.24) is 10.2 Å². The predicted octanol–water partition coefficient (Wildman–Crippen LogP) is -0.596. The summed E-state index contributed by atoms with van der Waals surface area (Å²) in [6.45, 7) is 3.49. The van der Waals surface area contributed by atoms with E-state index in [1.165, 1.54) is 11.0 Å². The number of nitrogens with zero attached hydrogens (tertiary/aromatic N) is 1. The first-order valence-corrected chi connectivity index (χ1v) is 5.27. The second kappa shape index (κ2) is 6.07. The van der Waals surface area contributed by atoms with E-state index in [0.717, 1.165) is 0 Å². The molecule has 1 heterocycles. The number of primary amides is 1. The highest BCUT2D eigenvalue weighted by Gasteiger charge is 2.29. The number of hydrogen-bond donors (Lipinski definition) is 2. The number of carbonyl (C=O) groups is 2. The summed E-state index contributed by atoms with van der Waals surface area (Å²) < 4.78 is 0. The molecule has 1 atom stereocenters. The normalized spacial score (nSPS) is 21.8. The molecule has 1 fully saturated rings. The van der Waals surface area contributed by atoms with Crippen molar-refractivity contribution >= 4 is 11.8 Å². The third-order valence-electron chi connectivity index (χ3n) is 2.40. The molecule has 1 rings (SSSR count). The van der Waals surface area contributed by atoms with Gasteiger partial charge in [0.15, 0.2) is 0 Å². The van der Waals surface area contributed by atoms with Gasteiger partial charge in [-0.25, -0.2) is 0 Å². The van der Waals surface area contributed by atoms with Crippen LogP contribution in [0.25, 0.3) is 0 Å². The molecule has 0 radical (unpaired) electrons. The van der Waals surface area contributed by atoms with Gasteiger partial charge >= 0.3 is 0 Å². The van der Waals surface area contributed by atoms with Gasteiger partial charge in [-0.15, -0.1) is 0 Å².